The van der Waals surface area contributed by atoms with E-state index in [1.54, 1.807) is 12.5 Å². The maximum Gasteiger partial charge on any atom is 0.136 e. The van der Waals surface area contributed by atoms with Gasteiger partial charge in [-0.15, -0.1) is 0 Å². The fourth-order valence-corrected chi connectivity index (χ4v) is 2.08. The fourth-order valence-electron chi connectivity index (χ4n) is 2.08. The predicted molar refractivity (Wildman–Crippen MR) is 69.2 cm³/mol. The smallest absolute Gasteiger partial charge is 0.136 e. The Morgan fingerprint density at radius 2 is 1.94 bits per heavy atom. The Morgan fingerprint density at radius 3 is 2.82 bits per heavy atom. The highest BCUT2D eigenvalue weighted by Gasteiger charge is 2.17. The second-order valence-electron chi connectivity index (χ2n) is 4.07. The Morgan fingerprint density at radius 1 is 1.06 bits per heavy atom. The Hall–Kier alpha value is -2.16. The first-order valence-corrected chi connectivity index (χ1v) is 5.70. The maximum absolute atomic E-state index is 4.49. The quantitative estimate of drug-likeness (QED) is 0.850. The van der Waals surface area contributed by atoms with Gasteiger partial charge in [-0.3, -0.25) is 4.99 Å². The molecule has 0 bridgehead atoms. The molecule has 1 aromatic carbocycles. The third-order valence-electron chi connectivity index (χ3n) is 2.93. The van der Waals surface area contributed by atoms with Crippen molar-refractivity contribution in [3.05, 3.63) is 59.8 Å². The lowest BCUT2D eigenvalue weighted by atomic mass is 9.99. The molecule has 1 aliphatic rings. The molecule has 0 saturated carbocycles. The van der Waals surface area contributed by atoms with E-state index in [4.69, 9.17) is 0 Å². The standard InChI is InChI=1S/C14H13N3/c1-2-5-11(6-3-1)9-13-12-7-4-8-15-14(12)17-10-16-13/h1-8,10,13H,9H2,(H,15,16,17). The van der Waals surface area contributed by atoms with Crippen molar-refractivity contribution in [3.8, 4) is 0 Å². The van der Waals surface area contributed by atoms with Gasteiger partial charge in [-0.25, -0.2) is 4.98 Å². The number of benzene rings is 1. The first-order valence-electron chi connectivity index (χ1n) is 5.70. The average molecular weight is 223 g/mol. The summed E-state index contributed by atoms with van der Waals surface area (Å²) >= 11 is 0. The maximum atomic E-state index is 4.49. The van der Waals surface area contributed by atoms with E-state index in [0.29, 0.717) is 0 Å². The van der Waals surface area contributed by atoms with E-state index in [1.165, 1.54) is 11.1 Å². The van der Waals surface area contributed by atoms with Crippen LogP contribution in [0.25, 0.3) is 0 Å². The van der Waals surface area contributed by atoms with Crippen LogP contribution in [0, 0.1) is 0 Å². The van der Waals surface area contributed by atoms with Crippen LogP contribution >= 0.6 is 0 Å². The molecule has 0 amide bonds. The van der Waals surface area contributed by atoms with Crippen LogP contribution in [-0.4, -0.2) is 11.3 Å². The number of anilines is 1. The van der Waals surface area contributed by atoms with Crippen LogP contribution in [0.2, 0.25) is 0 Å². The van der Waals surface area contributed by atoms with E-state index in [0.717, 1.165) is 12.2 Å². The van der Waals surface area contributed by atoms with Crippen molar-refractivity contribution in [3.63, 3.8) is 0 Å². The van der Waals surface area contributed by atoms with Crippen LogP contribution in [0.15, 0.2) is 53.7 Å². The first kappa shape index (κ1) is 10.0. The van der Waals surface area contributed by atoms with Crippen LogP contribution in [0.1, 0.15) is 17.2 Å². The van der Waals surface area contributed by atoms with Crippen molar-refractivity contribution in [2.75, 3.05) is 5.32 Å². The summed E-state index contributed by atoms with van der Waals surface area (Å²) in [5.74, 6) is 0.920. The van der Waals surface area contributed by atoms with Crippen LogP contribution < -0.4 is 5.32 Å². The number of nitrogens with zero attached hydrogens (tertiary/aromatic N) is 2. The molecule has 0 aliphatic carbocycles. The number of rotatable bonds is 2. The van der Waals surface area contributed by atoms with Crippen LogP contribution in [0.4, 0.5) is 5.82 Å². The minimum absolute atomic E-state index is 0.169. The highest BCUT2D eigenvalue weighted by molar-refractivity contribution is 5.78. The Balaban J connectivity index is 1.89. The summed E-state index contributed by atoms with van der Waals surface area (Å²) in [4.78, 5) is 8.80. The van der Waals surface area contributed by atoms with Crippen molar-refractivity contribution in [2.45, 2.75) is 12.5 Å². The second-order valence-corrected chi connectivity index (χ2v) is 4.07. The van der Waals surface area contributed by atoms with Gasteiger partial charge in [0.2, 0.25) is 0 Å². The molecule has 2 heterocycles. The summed E-state index contributed by atoms with van der Waals surface area (Å²) in [5, 5.41) is 3.08. The summed E-state index contributed by atoms with van der Waals surface area (Å²) < 4.78 is 0. The third kappa shape index (κ3) is 2.04. The molecule has 3 nitrogen and oxygen atoms in total. The van der Waals surface area contributed by atoms with Gasteiger partial charge in [0.05, 0.1) is 12.4 Å². The summed E-state index contributed by atoms with van der Waals surface area (Å²) in [6, 6.07) is 14.6. The molecule has 1 N–H and O–H groups in total. The minimum atomic E-state index is 0.169. The molecule has 0 radical (unpaired) electrons. The van der Waals surface area contributed by atoms with Gasteiger partial charge in [0.15, 0.2) is 0 Å². The molecule has 0 spiro atoms. The lowest BCUT2D eigenvalue weighted by molar-refractivity contribution is 0.719. The molecule has 1 atom stereocenters. The van der Waals surface area contributed by atoms with Crippen molar-refractivity contribution in [1.82, 2.24) is 4.98 Å². The summed E-state index contributed by atoms with van der Waals surface area (Å²) in [6.45, 7) is 0. The van der Waals surface area contributed by atoms with Gasteiger partial charge in [0, 0.05) is 11.8 Å². The molecule has 1 aromatic heterocycles. The molecular weight excluding hydrogens is 210 g/mol. The van der Waals surface area contributed by atoms with Crippen molar-refractivity contribution in [2.24, 2.45) is 4.99 Å². The molecule has 3 heteroatoms. The number of hydrogen-bond donors (Lipinski definition) is 1. The van der Waals surface area contributed by atoms with E-state index in [-0.39, 0.29) is 6.04 Å². The van der Waals surface area contributed by atoms with E-state index in [9.17, 15) is 0 Å². The average Bonchev–Trinajstić information content (AvgIpc) is 2.40. The highest BCUT2D eigenvalue weighted by Crippen LogP contribution is 2.29. The van der Waals surface area contributed by atoms with Crippen molar-refractivity contribution < 1.29 is 0 Å². The highest BCUT2D eigenvalue weighted by atomic mass is 15.1. The largest absolute Gasteiger partial charge is 0.331 e. The number of fused-ring (bicyclic) bond motifs is 1. The Labute approximate surface area is 100 Å². The van der Waals surface area contributed by atoms with Crippen molar-refractivity contribution >= 4 is 12.2 Å². The molecule has 3 rings (SSSR count). The zero-order valence-electron chi connectivity index (χ0n) is 9.38. The lowest BCUT2D eigenvalue weighted by Gasteiger charge is -2.19. The van der Waals surface area contributed by atoms with E-state index in [2.05, 4.69) is 45.6 Å². The van der Waals surface area contributed by atoms with E-state index in [1.807, 2.05) is 12.1 Å². The minimum Gasteiger partial charge on any atom is -0.331 e. The molecule has 2 aromatic rings. The molecule has 17 heavy (non-hydrogen) atoms. The molecule has 0 saturated heterocycles. The molecular formula is C14H13N3. The molecule has 84 valence electrons. The molecule has 1 aliphatic heterocycles. The van der Waals surface area contributed by atoms with Gasteiger partial charge >= 0.3 is 0 Å². The van der Waals surface area contributed by atoms with Gasteiger partial charge in [-0.2, -0.15) is 0 Å². The topological polar surface area (TPSA) is 37.3 Å². The fraction of sp³-hybridized carbons (Fsp3) is 0.143. The number of pyridine rings is 1. The van der Waals surface area contributed by atoms with Crippen LogP contribution in [0.5, 0.6) is 0 Å². The van der Waals surface area contributed by atoms with Gasteiger partial charge in [-0.05, 0) is 18.1 Å². The monoisotopic (exact) mass is 223 g/mol. The third-order valence-corrected chi connectivity index (χ3v) is 2.93. The Bertz CT molecular complexity index is 534. The number of aromatic nitrogens is 1. The molecule has 1 unspecified atom stereocenters. The molecule has 0 fully saturated rings. The SMILES string of the molecule is C1=NC(Cc2ccccc2)c2cccnc2N1. The van der Waals surface area contributed by atoms with Gasteiger partial charge in [0.1, 0.15) is 5.82 Å². The van der Waals surface area contributed by atoms with E-state index < -0.39 is 0 Å². The summed E-state index contributed by atoms with van der Waals surface area (Å²) in [5.41, 5.74) is 2.46. The van der Waals surface area contributed by atoms with Crippen molar-refractivity contribution in [1.29, 1.82) is 0 Å². The second kappa shape index (κ2) is 4.37. The normalized spacial score (nSPS) is 17.3. The van der Waals surface area contributed by atoms with Gasteiger partial charge < -0.3 is 5.32 Å². The summed E-state index contributed by atoms with van der Waals surface area (Å²) in [7, 11) is 0. The number of aliphatic imine (C=N–C) groups is 1. The predicted octanol–water partition coefficient (Wildman–Crippen LogP) is 2.82. The van der Waals surface area contributed by atoms with E-state index >= 15 is 0 Å². The first-order chi connectivity index (χ1) is 8.43. The zero-order valence-corrected chi connectivity index (χ0v) is 9.38. The summed E-state index contributed by atoms with van der Waals surface area (Å²) in [6.07, 6.45) is 4.45. The van der Waals surface area contributed by atoms with Gasteiger partial charge in [0.25, 0.3) is 0 Å². The zero-order chi connectivity index (χ0) is 11.5. The Kier molecular flexibility index (Phi) is 2.58. The number of hydrogen-bond acceptors (Lipinski definition) is 3. The lowest BCUT2D eigenvalue weighted by Crippen LogP contribution is -2.13. The van der Waals surface area contributed by atoms with Crippen LogP contribution in [-0.2, 0) is 6.42 Å². The van der Waals surface area contributed by atoms with Gasteiger partial charge in [-0.1, -0.05) is 36.4 Å². The van der Waals surface area contributed by atoms with Crippen LogP contribution in [0.3, 0.4) is 0 Å². The number of nitrogens with one attached hydrogen (secondary N) is 1.